The minimum atomic E-state index is -0.278. The number of hydrogen-bond acceptors (Lipinski definition) is 4. The SMILES string of the molecule is CON1C=CC23CC(C)CC[C@H]2OC2=C3[C@H](C[C@@H](O)C2)C1. The van der Waals surface area contributed by atoms with Crippen molar-refractivity contribution >= 4 is 0 Å². The molecule has 116 valence electrons. The lowest BCUT2D eigenvalue weighted by molar-refractivity contribution is -0.0967. The van der Waals surface area contributed by atoms with E-state index in [0.29, 0.717) is 12.3 Å². The van der Waals surface area contributed by atoms with E-state index in [4.69, 9.17) is 9.57 Å². The van der Waals surface area contributed by atoms with Gasteiger partial charge in [0.1, 0.15) is 6.10 Å². The van der Waals surface area contributed by atoms with Gasteiger partial charge in [0, 0.05) is 18.5 Å². The molecule has 0 saturated heterocycles. The van der Waals surface area contributed by atoms with Gasteiger partial charge in [-0.05, 0) is 37.2 Å². The van der Waals surface area contributed by atoms with Gasteiger partial charge < -0.3 is 9.84 Å². The van der Waals surface area contributed by atoms with Crippen LogP contribution in [0.3, 0.4) is 0 Å². The second kappa shape index (κ2) is 4.75. The molecule has 4 aliphatic rings. The van der Waals surface area contributed by atoms with Gasteiger partial charge in [-0.3, -0.25) is 9.90 Å². The van der Waals surface area contributed by atoms with Crippen LogP contribution < -0.4 is 0 Å². The minimum Gasteiger partial charge on any atom is -0.493 e. The highest BCUT2D eigenvalue weighted by molar-refractivity contribution is 5.38. The molecule has 2 aliphatic carbocycles. The van der Waals surface area contributed by atoms with Crippen molar-refractivity contribution < 1.29 is 14.7 Å². The quantitative estimate of drug-likeness (QED) is 0.806. The average Bonchev–Trinajstić information content (AvgIpc) is 2.67. The molecule has 0 aromatic rings. The third kappa shape index (κ3) is 1.95. The van der Waals surface area contributed by atoms with Crippen LogP contribution in [0.1, 0.15) is 39.0 Å². The highest BCUT2D eigenvalue weighted by Crippen LogP contribution is 2.59. The second-order valence-corrected chi connectivity index (χ2v) is 7.26. The van der Waals surface area contributed by atoms with Gasteiger partial charge in [-0.2, -0.15) is 0 Å². The molecule has 0 aromatic heterocycles. The molecule has 1 spiro atoms. The molecular weight excluding hydrogens is 266 g/mol. The summed E-state index contributed by atoms with van der Waals surface area (Å²) in [6.07, 6.45) is 9.45. The number of nitrogens with zero attached hydrogens (tertiary/aromatic N) is 1. The second-order valence-electron chi connectivity index (χ2n) is 7.26. The first-order valence-corrected chi connectivity index (χ1v) is 8.20. The number of aliphatic hydroxyl groups is 1. The predicted octanol–water partition coefficient (Wildman–Crippen LogP) is 2.61. The molecule has 4 rings (SSSR count). The summed E-state index contributed by atoms with van der Waals surface area (Å²) in [5.74, 6) is 2.15. The topological polar surface area (TPSA) is 41.9 Å². The zero-order valence-electron chi connectivity index (χ0n) is 12.9. The molecule has 1 saturated carbocycles. The maximum absolute atomic E-state index is 10.2. The van der Waals surface area contributed by atoms with E-state index in [1.165, 1.54) is 12.0 Å². The molecule has 0 aromatic carbocycles. The lowest BCUT2D eigenvalue weighted by Gasteiger charge is -2.41. The predicted molar refractivity (Wildman–Crippen MR) is 78.9 cm³/mol. The maximum Gasteiger partial charge on any atom is 0.111 e. The normalized spacial score (nSPS) is 45.0. The number of hydroxylamine groups is 2. The van der Waals surface area contributed by atoms with Gasteiger partial charge in [0.2, 0.25) is 0 Å². The number of aliphatic hydroxyl groups excluding tert-OH is 1. The van der Waals surface area contributed by atoms with Crippen LogP contribution >= 0.6 is 0 Å². The Morgan fingerprint density at radius 1 is 1.43 bits per heavy atom. The highest BCUT2D eigenvalue weighted by atomic mass is 16.7. The Morgan fingerprint density at radius 2 is 2.29 bits per heavy atom. The molecule has 21 heavy (non-hydrogen) atoms. The van der Waals surface area contributed by atoms with Gasteiger partial charge in [-0.25, -0.2) is 0 Å². The first kappa shape index (κ1) is 13.6. The molecular formula is C17H25NO3. The highest BCUT2D eigenvalue weighted by Gasteiger charge is 2.55. The third-order valence-corrected chi connectivity index (χ3v) is 5.83. The summed E-state index contributed by atoms with van der Waals surface area (Å²) < 4.78 is 6.33. The largest absolute Gasteiger partial charge is 0.493 e. The van der Waals surface area contributed by atoms with Gasteiger partial charge in [0.15, 0.2) is 0 Å². The van der Waals surface area contributed by atoms with Crippen molar-refractivity contribution in [3.05, 3.63) is 23.6 Å². The molecule has 2 aliphatic heterocycles. The van der Waals surface area contributed by atoms with Crippen LogP contribution in [-0.2, 0) is 9.57 Å². The van der Waals surface area contributed by atoms with Gasteiger partial charge in [-0.15, -0.1) is 0 Å². The van der Waals surface area contributed by atoms with E-state index in [1.807, 2.05) is 5.06 Å². The number of ether oxygens (including phenoxy) is 1. The van der Waals surface area contributed by atoms with Gasteiger partial charge in [0.25, 0.3) is 0 Å². The van der Waals surface area contributed by atoms with Crippen molar-refractivity contribution in [3.63, 3.8) is 0 Å². The monoisotopic (exact) mass is 291 g/mol. The molecule has 2 unspecified atom stereocenters. The number of hydrogen-bond donors (Lipinski definition) is 1. The Balaban J connectivity index is 1.81. The number of rotatable bonds is 1. The van der Waals surface area contributed by atoms with E-state index >= 15 is 0 Å². The van der Waals surface area contributed by atoms with E-state index < -0.39 is 0 Å². The van der Waals surface area contributed by atoms with Crippen molar-refractivity contribution in [2.45, 2.75) is 51.2 Å². The maximum atomic E-state index is 10.2. The average molecular weight is 291 g/mol. The summed E-state index contributed by atoms with van der Waals surface area (Å²) in [5, 5.41) is 12.1. The summed E-state index contributed by atoms with van der Waals surface area (Å²) in [7, 11) is 1.72. The van der Waals surface area contributed by atoms with Crippen LogP contribution in [-0.4, -0.2) is 36.0 Å². The molecule has 0 bridgehead atoms. The molecule has 4 nitrogen and oxygen atoms in total. The van der Waals surface area contributed by atoms with Crippen molar-refractivity contribution in [1.82, 2.24) is 5.06 Å². The van der Waals surface area contributed by atoms with E-state index in [0.717, 1.165) is 37.5 Å². The molecule has 0 radical (unpaired) electrons. The Bertz CT molecular complexity index is 500. The molecule has 5 atom stereocenters. The van der Waals surface area contributed by atoms with Crippen molar-refractivity contribution in [2.75, 3.05) is 13.7 Å². The molecule has 1 fully saturated rings. The van der Waals surface area contributed by atoms with Crippen molar-refractivity contribution in [1.29, 1.82) is 0 Å². The van der Waals surface area contributed by atoms with Gasteiger partial charge in [-0.1, -0.05) is 13.0 Å². The Kier molecular flexibility index (Phi) is 3.09. The first-order valence-electron chi connectivity index (χ1n) is 8.20. The van der Waals surface area contributed by atoms with Crippen LogP contribution in [0.5, 0.6) is 0 Å². The van der Waals surface area contributed by atoms with Crippen LogP contribution in [0.15, 0.2) is 23.6 Å². The van der Waals surface area contributed by atoms with Crippen LogP contribution in [0.2, 0.25) is 0 Å². The van der Waals surface area contributed by atoms with Crippen LogP contribution in [0.4, 0.5) is 0 Å². The Morgan fingerprint density at radius 3 is 3.10 bits per heavy atom. The van der Waals surface area contributed by atoms with Crippen LogP contribution in [0.25, 0.3) is 0 Å². The third-order valence-electron chi connectivity index (χ3n) is 5.83. The zero-order valence-corrected chi connectivity index (χ0v) is 12.9. The molecule has 2 heterocycles. The summed E-state index contributed by atoms with van der Waals surface area (Å²) >= 11 is 0. The summed E-state index contributed by atoms with van der Waals surface area (Å²) in [6, 6.07) is 0. The Labute approximate surface area is 126 Å². The first-order chi connectivity index (χ1) is 10.1. The van der Waals surface area contributed by atoms with E-state index in [9.17, 15) is 5.11 Å². The molecule has 0 amide bonds. The summed E-state index contributed by atoms with van der Waals surface area (Å²) in [6.45, 7) is 3.16. The minimum absolute atomic E-state index is 0.0467. The fourth-order valence-electron chi connectivity index (χ4n) is 5.02. The van der Waals surface area contributed by atoms with E-state index in [1.54, 1.807) is 7.11 Å². The molecule has 4 heteroatoms. The van der Waals surface area contributed by atoms with Gasteiger partial charge in [0.05, 0.1) is 30.9 Å². The smallest absolute Gasteiger partial charge is 0.111 e. The summed E-state index contributed by atoms with van der Waals surface area (Å²) in [4.78, 5) is 5.47. The van der Waals surface area contributed by atoms with E-state index in [2.05, 4.69) is 19.2 Å². The Hall–Kier alpha value is -1.00. The fraction of sp³-hybridized carbons (Fsp3) is 0.765. The summed E-state index contributed by atoms with van der Waals surface area (Å²) in [5.41, 5.74) is 1.52. The fourth-order valence-corrected chi connectivity index (χ4v) is 5.02. The van der Waals surface area contributed by atoms with Crippen molar-refractivity contribution in [3.8, 4) is 0 Å². The van der Waals surface area contributed by atoms with Gasteiger partial charge >= 0.3 is 0 Å². The van der Waals surface area contributed by atoms with Crippen molar-refractivity contribution in [2.24, 2.45) is 17.3 Å². The lowest BCUT2D eigenvalue weighted by atomic mass is 9.61. The molecule has 1 N–H and O–H groups in total. The zero-order chi connectivity index (χ0) is 14.6. The lowest BCUT2D eigenvalue weighted by Crippen LogP contribution is -2.40. The standard InChI is InChI=1S/C17H25NO3/c1-11-3-4-15-17(9-11)5-6-18(20-2)10-12-7-13(19)8-14(21-15)16(12)17/h5-6,11-13,15,19H,3-4,7-10H2,1-2H3/t11?,12-,13-,15-,17?/m1/s1. The van der Waals surface area contributed by atoms with E-state index in [-0.39, 0.29) is 17.6 Å². The van der Waals surface area contributed by atoms with Crippen LogP contribution in [0, 0.1) is 17.3 Å².